The van der Waals surface area contributed by atoms with Crippen LogP contribution < -0.4 is 37.7 Å². The Balaban J connectivity index is 0.000000845. The van der Waals surface area contributed by atoms with Crippen LogP contribution in [0.15, 0.2) is 16.9 Å². The fourth-order valence-corrected chi connectivity index (χ4v) is 7.22. The molecular formula is C5Li2S7. The van der Waals surface area contributed by atoms with Crippen LogP contribution in [0.3, 0.4) is 0 Å². The van der Waals surface area contributed by atoms with Gasteiger partial charge >= 0.3 is 37.7 Å². The van der Waals surface area contributed by atoms with Gasteiger partial charge in [-0.2, -0.15) is 0 Å². The van der Waals surface area contributed by atoms with Crippen LogP contribution in [0.4, 0.5) is 0 Å². The molecule has 0 saturated carbocycles. The minimum Gasteiger partial charge on any atom is -0.774 e. The molecule has 0 radical (unpaired) electrons. The van der Waals surface area contributed by atoms with Gasteiger partial charge in [-0.1, -0.05) is 12.2 Å². The van der Waals surface area contributed by atoms with Crippen LogP contribution in [-0.2, 0) is 25.3 Å². The fourth-order valence-electron chi connectivity index (χ4n) is 0.632. The van der Waals surface area contributed by atoms with E-state index in [-0.39, 0.29) is 37.7 Å². The van der Waals surface area contributed by atoms with Gasteiger partial charge in [-0.25, -0.2) is 0 Å². The SMILES string of the molecule is S=c1sc2c(s1)SC([S-])=C([S-])S2.[Li+].[Li+]. The first kappa shape index (κ1) is 16.3. The molecule has 9 heteroatoms. The molecule has 0 fully saturated rings. The quantitative estimate of drug-likeness (QED) is 0.307. The molecule has 1 aliphatic heterocycles. The van der Waals surface area contributed by atoms with E-state index in [9.17, 15) is 0 Å². The van der Waals surface area contributed by atoms with E-state index in [1.54, 1.807) is 46.2 Å². The molecule has 0 unspecified atom stereocenters. The van der Waals surface area contributed by atoms with Crippen molar-refractivity contribution >= 4 is 83.7 Å². The summed E-state index contributed by atoms with van der Waals surface area (Å²) in [6, 6.07) is 0. The Labute approximate surface area is 139 Å². The first-order chi connectivity index (χ1) is 5.66. The van der Waals surface area contributed by atoms with Crippen molar-refractivity contribution in [3.63, 3.8) is 0 Å². The molecule has 64 valence electrons. The minimum atomic E-state index is 0. The molecule has 1 aromatic rings. The Kier molecular flexibility index (Phi) is 8.09. The summed E-state index contributed by atoms with van der Waals surface area (Å²) < 4.78 is 5.01. The molecule has 0 atom stereocenters. The third-order valence-electron chi connectivity index (χ3n) is 1.06. The van der Waals surface area contributed by atoms with Crippen LogP contribution in [0, 0.1) is 3.14 Å². The maximum Gasteiger partial charge on any atom is 1.00 e. The molecule has 0 aliphatic carbocycles. The monoisotopic (exact) mass is 298 g/mol. The zero-order valence-electron chi connectivity index (χ0n) is 7.36. The summed E-state index contributed by atoms with van der Waals surface area (Å²) in [6.45, 7) is 0. The number of rotatable bonds is 0. The van der Waals surface area contributed by atoms with Gasteiger partial charge in [0, 0.05) is 0 Å². The second-order valence-corrected chi connectivity index (χ2v) is 8.92. The third-order valence-corrected chi connectivity index (χ3v) is 7.67. The largest absolute Gasteiger partial charge is 1.00 e. The summed E-state index contributed by atoms with van der Waals surface area (Å²) in [5, 5.41) is 0. The molecule has 14 heavy (non-hydrogen) atoms. The smallest absolute Gasteiger partial charge is 0.774 e. The van der Waals surface area contributed by atoms with Gasteiger partial charge in [-0.15, -0.1) is 54.7 Å². The number of hydrogen-bond acceptors (Lipinski definition) is 7. The van der Waals surface area contributed by atoms with Gasteiger partial charge in [-0.05, 0) is 0 Å². The second-order valence-electron chi connectivity index (χ2n) is 1.81. The maximum atomic E-state index is 5.09. The number of fused-ring (bicyclic) bond motifs is 1. The van der Waals surface area contributed by atoms with E-state index in [4.69, 9.17) is 37.5 Å². The number of thioether (sulfide) groups is 2. The molecular weight excluding hydrogens is 298 g/mol. The summed E-state index contributed by atoms with van der Waals surface area (Å²) >= 11 is 21.7. The van der Waals surface area contributed by atoms with Crippen molar-refractivity contribution in [3.05, 3.63) is 11.6 Å². The zero-order valence-corrected chi connectivity index (χ0v) is 13.1. The summed E-state index contributed by atoms with van der Waals surface area (Å²) in [7, 11) is 0. The standard InChI is InChI=1S/C5H2S7.2Li/c6-1-2(7)10-4-3(9-1)11-5(8)12-4;;/h6-7H;;/q;2*+1/p-2. The van der Waals surface area contributed by atoms with Crippen LogP contribution in [-0.4, -0.2) is 0 Å². The van der Waals surface area contributed by atoms with Crippen molar-refractivity contribution in [2.45, 2.75) is 8.42 Å². The van der Waals surface area contributed by atoms with E-state index in [1.165, 1.54) is 8.42 Å². The fraction of sp³-hybridized carbons (Fsp3) is 0. The summed E-state index contributed by atoms with van der Waals surface area (Å²) in [5.74, 6) is 0. The molecule has 0 aromatic carbocycles. The van der Waals surface area contributed by atoms with Gasteiger partial charge in [-0.3, -0.25) is 0 Å². The third kappa shape index (κ3) is 3.68. The van der Waals surface area contributed by atoms with Gasteiger partial charge in [0.25, 0.3) is 0 Å². The molecule has 1 aromatic heterocycles. The van der Waals surface area contributed by atoms with Gasteiger partial charge < -0.3 is 25.3 Å². The van der Waals surface area contributed by atoms with E-state index >= 15 is 0 Å². The Bertz CT molecular complexity index is 368. The summed E-state index contributed by atoms with van der Waals surface area (Å²) in [6.07, 6.45) is 0. The van der Waals surface area contributed by atoms with E-state index in [0.29, 0.717) is 0 Å². The van der Waals surface area contributed by atoms with Crippen molar-refractivity contribution in [2.24, 2.45) is 0 Å². The Morgan fingerprint density at radius 1 is 0.857 bits per heavy atom. The van der Waals surface area contributed by atoms with Crippen LogP contribution in [0.2, 0.25) is 0 Å². The van der Waals surface area contributed by atoms with E-state index in [1.807, 2.05) is 0 Å². The number of hydrogen-bond donors (Lipinski definition) is 0. The van der Waals surface area contributed by atoms with Gasteiger partial charge in [0.1, 0.15) is 3.14 Å². The molecule has 1 aliphatic rings. The van der Waals surface area contributed by atoms with Crippen molar-refractivity contribution in [3.8, 4) is 0 Å². The molecule has 0 nitrogen and oxygen atoms in total. The maximum absolute atomic E-state index is 5.09. The molecule has 2 heterocycles. The van der Waals surface area contributed by atoms with Crippen LogP contribution in [0.5, 0.6) is 0 Å². The van der Waals surface area contributed by atoms with Crippen LogP contribution >= 0.6 is 58.4 Å². The average Bonchev–Trinajstić information content (AvgIpc) is 2.30. The Morgan fingerprint density at radius 3 is 1.57 bits per heavy atom. The molecule has 0 N–H and O–H groups in total. The van der Waals surface area contributed by atoms with E-state index in [2.05, 4.69) is 0 Å². The van der Waals surface area contributed by atoms with Crippen molar-refractivity contribution in [1.29, 1.82) is 0 Å². The van der Waals surface area contributed by atoms with Crippen LogP contribution in [0.1, 0.15) is 0 Å². The minimum absolute atomic E-state index is 0. The molecule has 0 bridgehead atoms. The van der Waals surface area contributed by atoms with Gasteiger partial charge in [0.15, 0.2) is 0 Å². The Hall–Kier alpha value is 2.34. The predicted molar refractivity (Wildman–Crippen MR) is 66.5 cm³/mol. The Morgan fingerprint density at radius 2 is 1.21 bits per heavy atom. The van der Waals surface area contributed by atoms with Gasteiger partial charge in [0.05, 0.1) is 8.42 Å². The summed E-state index contributed by atoms with van der Waals surface area (Å²) in [5.41, 5.74) is 0. The predicted octanol–water partition coefficient (Wildman–Crippen LogP) is -2.03. The molecule has 0 saturated heterocycles. The topological polar surface area (TPSA) is 0 Å². The average molecular weight is 298 g/mol. The molecule has 0 amide bonds. The first-order valence-electron chi connectivity index (χ1n) is 2.75. The van der Waals surface area contributed by atoms with Crippen molar-refractivity contribution in [2.75, 3.05) is 0 Å². The van der Waals surface area contributed by atoms with Crippen LogP contribution in [0.25, 0.3) is 0 Å². The normalized spacial score (nSPS) is 14.0. The first-order valence-corrected chi connectivity index (χ1v) is 7.24. The molecule has 0 spiro atoms. The zero-order chi connectivity index (χ0) is 8.72. The van der Waals surface area contributed by atoms with Crippen molar-refractivity contribution < 1.29 is 37.7 Å². The second kappa shape index (κ2) is 6.93. The van der Waals surface area contributed by atoms with Gasteiger partial charge in [0.2, 0.25) is 0 Å². The molecule has 2 rings (SSSR count). The van der Waals surface area contributed by atoms with E-state index < -0.39 is 0 Å². The summed E-state index contributed by atoms with van der Waals surface area (Å²) in [4.78, 5) is 0. The van der Waals surface area contributed by atoms with E-state index in [0.717, 1.165) is 11.6 Å². The van der Waals surface area contributed by atoms with Crippen molar-refractivity contribution in [1.82, 2.24) is 0 Å².